The summed E-state index contributed by atoms with van der Waals surface area (Å²) < 4.78 is 5.80. The van der Waals surface area contributed by atoms with Crippen molar-refractivity contribution in [3.63, 3.8) is 0 Å². The third kappa shape index (κ3) is 5.59. The van der Waals surface area contributed by atoms with E-state index in [-0.39, 0.29) is 5.91 Å². The molecular formula is C24H24N2O2. The fraction of sp³-hybridized carbons (Fsp3) is 0.250. The van der Waals surface area contributed by atoms with Gasteiger partial charge in [0.05, 0.1) is 12.1 Å². The maximum atomic E-state index is 12.5. The van der Waals surface area contributed by atoms with Gasteiger partial charge >= 0.3 is 0 Å². The standard InChI is InChI=1S/C24H24N2O2/c1-2-3-4-5-6-15-28-22-11-7-9-19(16-22)18-26-24(27)21-12-13-23-20(17-21)10-8-14-25-23/h1,7-14,16-17H,3-6,15,18H2,(H,26,27). The lowest BCUT2D eigenvalue weighted by Crippen LogP contribution is -2.22. The molecule has 28 heavy (non-hydrogen) atoms. The fourth-order valence-electron chi connectivity index (χ4n) is 2.94. The topological polar surface area (TPSA) is 51.2 Å². The molecule has 0 saturated heterocycles. The first kappa shape index (κ1) is 19.4. The number of ether oxygens (including phenoxy) is 1. The maximum absolute atomic E-state index is 12.5. The highest BCUT2D eigenvalue weighted by Gasteiger charge is 2.07. The number of hydrogen-bond donors (Lipinski definition) is 1. The summed E-state index contributed by atoms with van der Waals surface area (Å²) in [6, 6.07) is 17.2. The van der Waals surface area contributed by atoms with E-state index in [1.807, 2.05) is 48.5 Å². The molecule has 3 rings (SSSR count). The number of hydrogen-bond acceptors (Lipinski definition) is 3. The smallest absolute Gasteiger partial charge is 0.251 e. The molecule has 1 amide bonds. The van der Waals surface area contributed by atoms with Crippen LogP contribution in [0.15, 0.2) is 60.8 Å². The Hall–Kier alpha value is -3.32. The molecule has 1 aromatic heterocycles. The second-order valence-corrected chi connectivity index (χ2v) is 6.60. The van der Waals surface area contributed by atoms with E-state index < -0.39 is 0 Å². The van der Waals surface area contributed by atoms with E-state index >= 15 is 0 Å². The largest absolute Gasteiger partial charge is 0.494 e. The summed E-state index contributed by atoms with van der Waals surface area (Å²) >= 11 is 0. The van der Waals surface area contributed by atoms with Gasteiger partial charge in [0.25, 0.3) is 5.91 Å². The Kier molecular flexibility index (Phi) is 7.03. The molecule has 0 aliphatic carbocycles. The van der Waals surface area contributed by atoms with Crippen LogP contribution in [0.2, 0.25) is 0 Å². The number of aromatic nitrogens is 1. The SMILES string of the molecule is C#CCCCCCOc1cccc(CNC(=O)c2ccc3ncccc3c2)c1. The van der Waals surface area contributed by atoms with Crippen molar-refractivity contribution in [2.24, 2.45) is 0 Å². The van der Waals surface area contributed by atoms with Crippen LogP contribution < -0.4 is 10.1 Å². The lowest BCUT2D eigenvalue weighted by molar-refractivity contribution is 0.0951. The van der Waals surface area contributed by atoms with E-state index in [1.54, 1.807) is 12.3 Å². The lowest BCUT2D eigenvalue weighted by Gasteiger charge is -2.09. The van der Waals surface area contributed by atoms with Gasteiger partial charge in [0, 0.05) is 30.1 Å². The van der Waals surface area contributed by atoms with Crippen molar-refractivity contribution in [3.05, 3.63) is 71.9 Å². The van der Waals surface area contributed by atoms with Gasteiger partial charge in [-0.25, -0.2) is 0 Å². The Morgan fingerprint density at radius 2 is 2.00 bits per heavy atom. The monoisotopic (exact) mass is 372 g/mol. The number of pyridine rings is 1. The Balaban J connectivity index is 1.51. The van der Waals surface area contributed by atoms with Crippen molar-refractivity contribution in [2.75, 3.05) is 6.61 Å². The molecule has 0 fully saturated rings. The number of nitrogens with zero attached hydrogens (tertiary/aromatic N) is 1. The highest BCUT2D eigenvalue weighted by molar-refractivity contribution is 5.97. The van der Waals surface area contributed by atoms with Gasteiger partial charge in [-0.05, 0) is 61.2 Å². The van der Waals surface area contributed by atoms with E-state index in [0.29, 0.717) is 18.7 Å². The molecule has 142 valence electrons. The number of amides is 1. The average Bonchev–Trinajstić information content (AvgIpc) is 2.74. The van der Waals surface area contributed by atoms with E-state index in [1.165, 1.54) is 0 Å². The quantitative estimate of drug-likeness (QED) is 0.436. The summed E-state index contributed by atoms with van der Waals surface area (Å²) in [5, 5.41) is 3.92. The number of terminal acetylenes is 1. The van der Waals surface area contributed by atoms with Gasteiger partial charge in [-0.15, -0.1) is 12.3 Å². The van der Waals surface area contributed by atoms with Crippen molar-refractivity contribution in [1.82, 2.24) is 10.3 Å². The number of fused-ring (bicyclic) bond motifs is 1. The first-order valence-corrected chi connectivity index (χ1v) is 9.54. The number of carbonyl (C=O) groups is 1. The van der Waals surface area contributed by atoms with E-state index in [0.717, 1.165) is 47.9 Å². The molecule has 0 spiro atoms. The second kappa shape index (κ2) is 10.1. The zero-order valence-corrected chi connectivity index (χ0v) is 15.9. The minimum atomic E-state index is -0.106. The first-order chi connectivity index (χ1) is 13.8. The van der Waals surface area contributed by atoms with E-state index in [4.69, 9.17) is 11.2 Å². The zero-order chi connectivity index (χ0) is 19.6. The first-order valence-electron chi connectivity index (χ1n) is 9.54. The number of unbranched alkanes of at least 4 members (excludes halogenated alkanes) is 3. The number of benzene rings is 2. The molecule has 0 radical (unpaired) electrons. The molecule has 0 saturated carbocycles. The summed E-state index contributed by atoms with van der Waals surface area (Å²) in [7, 11) is 0. The van der Waals surface area contributed by atoms with Crippen LogP contribution in [0.1, 0.15) is 41.6 Å². The lowest BCUT2D eigenvalue weighted by atomic mass is 10.1. The highest BCUT2D eigenvalue weighted by Crippen LogP contribution is 2.16. The van der Waals surface area contributed by atoms with Crippen molar-refractivity contribution in [1.29, 1.82) is 0 Å². The Labute approximate surface area is 165 Å². The van der Waals surface area contributed by atoms with Crippen LogP contribution in [0.3, 0.4) is 0 Å². The molecule has 1 heterocycles. The van der Waals surface area contributed by atoms with Gasteiger partial charge in [0.15, 0.2) is 0 Å². The maximum Gasteiger partial charge on any atom is 0.251 e. The van der Waals surface area contributed by atoms with Gasteiger partial charge in [-0.2, -0.15) is 0 Å². The van der Waals surface area contributed by atoms with Crippen LogP contribution in [0.25, 0.3) is 10.9 Å². The van der Waals surface area contributed by atoms with Crippen LogP contribution in [-0.4, -0.2) is 17.5 Å². The summed E-state index contributed by atoms with van der Waals surface area (Å²) in [5.74, 6) is 3.36. The molecule has 0 aliphatic heterocycles. The molecular weight excluding hydrogens is 348 g/mol. The van der Waals surface area contributed by atoms with Crippen LogP contribution >= 0.6 is 0 Å². The van der Waals surface area contributed by atoms with Crippen molar-refractivity contribution < 1.29 is 9.53 Å². The molecule has 0 unspecified atom stereocenters. The zero-order valence-electron chi connectivity index (χ0n) is 15.9. The summed E-state index contributed by atoms with van der Waals surface area (Å²) in [5.41, 5.74) is 2.50. The Morgan fingerprint density at radius 3 is 2.89 bits per heavy atom. The molecule has 2 aromatic carbocycles. The second-order valence-electron chi connectivity index (χ2n) is 6.60. The highest BCUT2D eigenvalue weighted by atomic mass is 16.5. The minimum absolute atomic E-state index is 0.106. The molecule has 3 aromatic rings. The Morgan fingerprint density at radius 1 is 1.07 bits per heavy atom. The summed E-state index contributed by atoms with van der Waals surface area (Å²) in [6.07, 6.45) is 10.9. The summed E-state index contributed by atoms with van der Waals surface area (Å²) in [4.78, 5) is 16.7. The molecule has 4 heteroatoms. The molecule has 0 bridgehead atoms. The summed E-state index contributed by atoms with van der Waals surface area (Å²) in [6.45, 7) is 1.12. The van der Waals surface area contributed by atoms with Gasteiger partial charge in [-0.3, -0.25) is 9.78 Å². The number of nitrogens with one attached hydrogen (secondary N) is 1. The van der Waals surface area contributed by atoms with Crippen LogP contribution in [0, 0.1) is 12.3 Å². The third-order valence-corrected chi connectivity index (χ3v) is 4.45. The normalized spacial score (nSPS) is 10.4. The van der Waals surface area contributed by atoms with Gasteiger partial charge < -0.3 is 10.1 Å². The van der Waals surface area contributed by atoms with Crippen LogP contribution in [0.5, 0.6) is 5.75 Å². The van der Waals surface area contributed by atoms with Crippen LogP contribution in [0.4, 0.5) is 0 Å². The van der Waals surface area contributed by atoms with Gasteiger partial charge in [0.1, 0.15) is 5.75 Å². The van der Waals surface area contributed by atoms with Crippen molar-refractivity contribution in [3.8, 4) is 18.1 Å². The van der Waals surface area contributed by atoms with Gasteiger partial charge in [0.2, 0.25) is 0 Å². The van der Waals surface area contributed by atoms with E-state index in [2.05, 4.69) is 16.2 Å². The Bertz CT molecular complexity index is 976. The van der Waals surface area contributed by atoms with Crippen molar-refractivity contribution in [2.45, 2.75) is 32.2 Å². The predicted octanol–water partition coefficient (Wildman–Crippen LogP) is 4.74. The number of carbonyl (C=O) groups excluding carboxylic acids is 1. The van der Waals surface area contributed by atoms with Gasteiger partial charge in [-0.1, -0.05) is 18.2 Å². The number of rotatable bonds is 9. The van der Waals surface area contributed by atoms with E-state index in [9.17, 15) is 4.79 Å². The minimum Gasteiger partial charge on any atom is -0.494 e. The molecule has 0 aliphatic rings. The average molecular weight is 372 g/mol. The molecule has 1 N–H and O–H groups in total. The predicted molar refractivity (Wildman–Crippen MR) is 112 cm³/mol. The molecule has 4 nitrogen and oxygen atoms in total. The fourth-order valence-corrected chi connectivity index (χ4v) is 2.94. The third-order valence-electron chi connectivity index (χ3n) is 4.45. The van der Waals surface area contributed by atoms with Crippen LogP contribution in [-0.2, 0) is 6.54 Å². The van der Waals surface area contributed by atoms with Crippen molar-refractivity contribution >= 4 is 16.8 Å². The molecule has 0 atom stereocenters.